The largest absolute Gasteiger partial charge is 0.382 e. The first-order chi connectivity index (χ1) is 10.7. The number of benzene rings is 2. The van der Waals surface area contributed by atoms with E-state index in [0.717, 1.165) is 17.7 Å². The van der Waals surface area contributed by atoms with E-state index in [2.05, 4.69) is 49.3 Å². The molecule has 2 nitrogen and oxygen atoms in total. The molecular formula is C20H28N2. The molecule has 2 aromatic rings. The molecule has 2 heteroatoms. The Bertz CT molecular complexity index is 574. The Morgan fingerprint density at radius 3 is 2.36 bits per heavy atom. The Labute approximate surface area is 135 Å². The number of rotatable bonds is 5. The second-order valence-electron chi connectivity index (χ2n) is 5.09. The highest BCUT2D eigenvalue weighted by Gasteiger charge is 2.06. The van der Waals surface area contributed by atoms with Gasteiger partial charge in [-0.2, -0.15) is 0 Å². The van der Waals surface area contributed by atoms with Gasteiger partial charge in [0.2, 0.25) is 0 Å². The summed E-state index contributed by atoms with van der Waals surface area (Å²) in [6, 6.07) is 16.8. The zero-order chi connectivity index (χ0) is 16.4. The van der Waals surface area contributed by atoms with E-state index in [1.54, 1.807) is 0 Å². The van der Waals surface area contributed by atoms with Crippen LogP contribution in [0.15, 0.2) is 53.5 Å². The van der Waals surface area contributed by atoms with Crippen LogP contribution in [0.4, 0.5) is 11.4 Å². The van der Waals surface area contributed by atoms with Crippen LogP contribution in [0, 0.1) is 6.92 Å². The summed E-state index contributed by atoms with van der Waals surface area (Å²) in [7, 11) is 0. The second-order valence-corrected chi connectivity index (χ2v) is 5.09. The average Bonchev–Trinajstić information content (AvgIpc) is 2.58. The van der Waals surface area contributed by atoms with Crippen LogP contribution in [0.3, 0.4) is 0 Å². The van der Waals surface area contributed by atoms with Crippen molar-refractivity contribution in [1.29, 1.82) is 0 Å². The van der Waals surface area contributed by atoms with Crippen LogP contribution in [0.1, 0.15) is 45.2 Å². The Hall–Kier alpha value is -2.09. The van der Waals surface area contributed by atoms with Gasteiger partial charge in [0.1, 0.15) is 0 Å². The van der Waals surface area contributed by atoms with E-state index in [1.807, 2.05) is 50.4 Å². The average molecular weight is 296 g/mol. The van der Waals surface area contributed by atoms with E-state index in [-0.39, 0.29) is 0 Å². The lowest BCUT2D eigenvalue weighted by Crippen LogP contribution is -2.15. The zero-order valence-electron chi connectivity index (χ0n) is 14.4. The van der Waals surface area contributed by atoms with Crippen molar-refractivity contribution in [2.45, 2.75) is 47.1 Å². The fourth-order valence-corrected chi connectivity index (χ4v) is 2.00. The van der Waals surface area contributed by atoms with Crippen molar-refractivity contribution in [3.8, 4) is 0 Å². The highest BCUT2D eigenvalue weighted by atomic mass is 14.9. The van der Waals surface area contributed by atoms with Crippen molar-refractivity contribution >= 4 is 17.6 Å². The topological polar surface area (TPSA) is 24.4 Å². The molecular weight excluding hydrogens is 268 g/mol. The predicted octanol–water partition coefficient (Wildman–Crippen LogP) is 5.98. The predicted molar refractivity (Wildman–Crippen MR) is 99.6 cm³/mol. The van der Waals surface area contributed by atoms with E-state index in [1.165, 1.54) is 11.3 Å². The summed E-state index contributed by atoms with van der Waals surface area (Å²) < 4.78 is 0. The summed E-state index contributed by atoms with van der Waals surface area (Å²) in [4.78, 5) is 4.55. The minimum Gasteiger partial charge on any atom is -0.382 e. The van der Waals surface area contributed by atoms with E-state index >= 15 is 0 Å². The number of hydrogen-bond acceptors (Lipinski definition) is 2. The lowest BCUT2D eigenvalue weighted by atomic mass is 10.1. The summed E-state index contributed by atoms with van der Waals surface area (Å²) in [5.74, 6) is 0. The quantitative estimate of drug-likeness (QED) is 0.674. The van der Waals surface area contributed by atoms with Crippen LogP contribution in [-0.2, 0) is 0 Å². The maximum atomic E-state index is 4.55. The molecule has 2 rings (SSSR count). The van der Waals surface area contributed by atoms with E-state index in [9.17, 15) is 0 Å². The molecule has 1 unspecified atom stereocenters. The molecule has 1 atom stereocenters. The van der Waals surface area contributed by atoms with Gasteiger partial charge in [-0.1, -0.05) is 57.2 Å². The molecule has 22 heavy (non-hydrogen) atoms. The third-order valence-electron chi connectivity index (χ3n) is 3.42. The number of nitrogens with zero attached hydrogens (tertiary/aromatic N) is 1. The van der Waals surface area contributed by atoms with E-state index < -0.39 is 0 Å². The van der Waals surface area contributed by atoms with Gasteiger partial charge in [0.15, 0.2) is 0 Å². The first-order valence-electron chi connectivity index (χ1n) is 8.16. The number of nitrogens with one attached hydrogen (secondary N) is 1. The molecule has 0 aliphatic rings. The van der Waals surface area contributed by atoms with Gasteiger partial charge in [0, 0.05) is 23.5 Å². The molecule has 0 amide bonds. The van der Waals surface area contributed by atoms with Crippen molar-refractivity contribution < 1.29 is 0 Å². The number of aliphatic imine (C=N–C) groups is 1. The van der Waals surface area contributed by atoms with Crippen LogP contribution < -0.4 is 5.32 Å². The summed E-state index contributed by atoms with van der Waals surface area (Å²) in [5.41, 5.74) is 4.54. The number of para-hydroxylation sites is 2. The number of anilines is 1. The van der Waals surface area contributed by atoms with Gasteiger partial charge < -0.3 is 5.32 Å². The normalized spacial score (nSPS) is 11.7. The molecule has 0 radical (unpaired) electrons. The molecule has 0 aliphatic carbocycles. The van der Waals surface area contributed by atoms with Gasteiger partial charge >= 0.3 is 0 Å². The van der Waals surface area contributed by atoms with E-state index in [0.29, 0.717) is 6.04 Å². The Kier molecular flexibility index (Phi) is 7.98. The fourth-order valence-electron chi connectivity index (χ4n) is 2.00. The van der Waals surface area contributed by atoms with Crippen LogP contribution in [0.2, 0.25) is 0 Å². The van der Waals surface area contributed by atoms with Crippen molar-refractivity contribution in [3.63, 3.8) is 0 Å². The third kappa shape index (κ3) is 5.36. The van der Waals surface area contributed by atoms with Gasteiger partial charge in [-0.15, -0.1) is 0 Å². The molecule has 0 saturated heterocycles. The molecule has 0 aromatic heterocycles. The second kappa shape index (κ2) is 9.78. The van der Waals surface area contributed by atoms with Crippen molar-refractivity contribution in [1.82, 2.24) is 0 Å². The maximum absolute atomic E-state index is 4.55. The van der Waals surface area contributed by atoms with Crippen LogP contribution >= 0.6 is 0 Å². The minimum absolute atomic E-state index is 0.458. The minimum atomic E-state index is 0.458. The molecule has 0 spiro atoms. The maximum Gasteiger partial charge on any atom is 0.0629 e. The summed E-state index contributed by atoms with van der Waals surface area (Å²) in [6.07, 6.45) is 3.04. The molecule has 2 aromatic carbocycles. The fraction of sp³-hybridized carbons (Fsp3) is 0.350. The van der Waals surface area contributed by atoms with Crippen molar-refractivity contribution in [3.05, 3.63) is 59.7 Å². The van der Waals surface area contributed by atoms with Crippen molar-refractivity contribution in [2.24, 2.45) is 4.99 Å². The van der Waals surface area contributed by atoms with Gasteiger partial charge in [0.05, 0.1) is 5.69 Å². The lowest BCUT2D eigenvalue weighted by Gasteiger charge is -2.17. The molecule has 0 aliphatic heterocycles. The first-order valence-corrected chi connectivity index (χ1v) is 8.16. The summed E-state index contributed by atoms with van der Waals surface area (Å²) in [6.45, 7) is 10.5. The Morgan fingerprint density at radius 1 is 1.05 bits per heavy atom. The molecule has 0 saturated carbocycles. The van der Waals surface area contributed by atoms with Crippen LogP contribution in [0.5, 0.6) is 0 Å². The number of hydrogen-bond donors (Lipinski definition) is 1. The summed E-state index contributed by atoms with van der Waals surface area (Å²) in [5, 5.41) is 3.57. The van der Waals surface area contributed by atoms with Gasteiger partial charge in [0.25, 0.3) is 0 Å². The lowest BCUT2D eigenvalue weighted by molar-refractivity contribution is 0.763. The monoisotopic (exact) mass is 296 g/mol. The van der Waals surface area contributed by atoms with E-state index in [4.69, 9.17) is 0 Å². The molecule has 118 valence electrons. The Morgan fingerprint density at radius 2 is 1.73 bits per heavy atom. The van der Waals surface area contributed by atoms with Gasteiger partial charge in [-0.3, -0.25) is 4.99 Å². The standard InChI is InChI=1S/C18H22N2.C2H6/c1-4-15(3)20-18-14(2)9-8-10-16(18)13-19-17-11-6-5-7-12-17;1-2/h5-13,15,20H,4H2,1-3H3;1-2H3. The smallest absolute Gasteiger partial charge is 0.0629 e. The van der Waals surface area contributed by atoms with Gasteiger partial charge in [-0.25, -0.2) is 0 Å². The molecule has 0 fully saturated rings. The molecule has 1 N–H and O–H groups in total. The number of aryl methyl sites for hydroxylation is 1. The SMILES string of the molecule is CC.CCC(C)Nc1c(C)cccc1C=Nc1ccccc1. The highest BCUT2D eigenvalue weighted by molar-refractivity contribution is 5.90. The Balaban J connectivity index is 0.00000116. The van der Waals surface area contributed by atoms with Crippen LogP contribution in [-0.4, -0.2) is 12.3 Å². The molecule has 0 bridgehead atoms. The first kappa shape index (κ1) is 18.0. The third-order valence-corrected chi connectivity index (χ3v) is 3.42. The zero-order valence-corrected chi connectivity index (χ0v) is 14.4. The van der Waals surface area contributed by atoms with Gasteiger partial charge in [-0.05, 0) is 38.0 Å². The molecule has 0 heterocycles. The van der Waals surface area contributed by atoms with Crippen LogP contribution in [0.25, 0.3) is 0 Å². The highest BCUT2D eigenvalue weighted by Crippen LogP contribution is 2.21. The summed E-state index contributed by atoms with van der Waals surface area (Å²) >= 11 is 0. The van der Waals surface area contributed by atoms with Crippen molar-refractivity contribution in [2.75, 3.05) is 5.32 Å².